The van der Waals surface area contributed by atoms with Gasteiger partial charge in [-0.15, -0.1) is 5.10 Å². The van der Waals surface area contributed by atoms with Crippen molar-refractivity contribution in [3.05, 3.63) is 98.0 Å². The van der Waals surface area contributed by atoms with Gasteiger partial charge in [-0.05, 0) is 35.4 Å². The number of hydrogen-bond donors (Lipinski definition) is 1. The highest BCUT2D eigenvalue weighted by atomic mass is 35.5. The summed E-state index contributed by atoms with van der Waals surface area (Å²) in [4.78, 5) is 35.0. The van der Waals surface area contributed by atoms with Gasteiger partial charge in [0.25, 0.3) is 0 Å². The molecule has 0 saturated heterocycles. The molecule has 0 saturated carbocycles. The van der Waals surface area contributed by atoms with Gasteiger partial charge in [-0.25, -0.2) is 29.3 Å². The molecule has 6 aromatic rings. The zero-order chi connectivity index (χ0) is 26.4. The molecule has 0 bridgehead atoms. The van der Waals surface area contributed by atoms with Crippen molar-refractivity contribution >= 4 is 22.9 Å². The van der Waals surface area contributed by atoms with E-state index in [1.807, 2.05) is 0 Å². The molecule has 0 fully saturated rings. The van der Waals surface area contributed by atoms with Crippen molar-refractivity contribution in [1.29, 1.82) is 5.26 Å². The molecule has 0 spiro atoms. The van der Waals surface area contributed by atoms with E-state index in [2.05, 4.69) is 31.3 Å². The fourth-order valence-corrected chi connectivity index (χ4v) is 4.40. The maximum absolute atomic E-state index is 13.6. The van der Waals surface area contributed by atoms with E-state index in [9.17, 15) is 9.59 Å². The Morgan fingerprint density at radius 2 is 1.63 bits per heavy atom. The molecule has 12 nitrogen and oxygen atoms in total. The Morgan fingerprint density at radius 1 is 0.947 bits per heavy atom. The van der Waals surface area contributed by atoms with Crippen LogP contribution < -0.4 is 16.1 Å². The lowest BCUT2D eigenvalue weighted by molar-refractivity contribution is 0.380. The fraction of sp³-hybridized carbons (Fsp3) is 0.0800. The standard InChI is InChI=1S/C25H16ClN9O3/c1-38-23-28-11-17(12-29-23)20-19(16-6-8-18(26)9-7-16)21-30-31-24(36)34(21)35-22(20)32-33(25(35)37)13-15-4-2-14(10-27)3-5-15/h2-9,11-12H,13H2,1H3,(H,31,36). The van der Waals surface area contributed by atoms with Gasteiger partial charge in [-0.1, -0.05) is 35.9 Å². The highest BCUT2D eigenvalue weighted by Crippen LogP contribution is 2.37. The molecule has 0 radical (unpaired) electrons. The van der Waals surface area contributed by atoms with Crippen LogP contribution in [0, 0.1) is 11.3 Å². The Hall–Kier alpha value is -5.28. The van der Waals surface area contributed by atoms with Crippen molar-refractivity contribution in [1.82, 2.24) is 39.0 Å². The summed E-state index contributed by atoms with van der Waals surface area (Å²) in [5.41, 5.74) is 2.68. The SMILES string of the molecule is COc1ncc(-c2c(-c3ccc(Cl)cc3)c3n[nH]c(=O)n3n3c(=O)n(Cc4ccc(C#N)cc4)nc23)cn1. The minimum absolute atomic E-state index is 0.106. The Labute approximate surface area is 217 Å². The fourth-order valence-electron chi connectivity index (χ4n) is 4.27. The van der Waals surface area contributed by atoms with Crippen molar-refractivity contribution in [3.63, 3.8) is 0 Å². The largest absolute Gasteiger partial charge is 0.467 e. The molecular formula is C25H16ClN9O3. The predicted molar refractivity (Wildman–Crippen MR) is 137 cm³/mol. The quantitative estimate of drug-likeness (QED) is 0.361. The summed E-state index contributed by atoms with van der Waals surface area (Å²) in [6, 6.07) is 16.0. The van der Waals surface area contributed by atoms with Gasteiger partial charge in [-0.3, -0.25) is 0 Å². The van der Waals surface area contributed by atoms with Crippen LogP contribution in [-0.4, -0.2) is 46.1 Å². The van der Waals surface area contributed by atoms with Gasteiger partial charge in [-0.2, -0.15) is 19.4 Å². The Morgan fingerprint density at radius 3 is 2.29 bits per heavy atom. The van der Waals surface area contributed by atoms with Gasteiger partial charge < -0.3 is 4.74 Å². The number of methoxy groups -OCH3 is 1. The van der Waals surface area contributed by atoms with E-state index in [0.717, 1.165) is 10.1 Å². The van der Waals surface area contributed by atoms with E-state index in [0.29, 0.717) is 32.8 Å². The normalized spacial score (nSPS) is 11.2. The lowest BCUT2D eigenvalue weighted by Gasteiger charge is -2.12. The third kappa shape index (κ3) is 3.69. The Kier molecular flexibility index (Phi) is 5.47. The van der Waals surface area contributed by atoms with Crippen LogP contribution in [0.1, 0.15) is 11.1 Å². The molecule has 4 aromatic heterocycles. The smallest absolute Gasteiger partial charge is 0.366 e. The summed E-state index contributed by atoms with van der Waals surface area (Å²) in [7, 11) is 1.46. The molecule has 1 N–H and O–H groups in total. The lowest BCUT2D eigenvalue weighted by atomic mass is 9.98. The number of aromatic amines is 1. The molecule has 186 valence electrons. The van der Waals surface area contributed by atoms with E-state index >= 15 is 0 Å². The molecule has 6 rings (SSSR count). The number of aromatic nitrogens is 8. The first-order valence-electron chi connectivity index (χ1n) is 11.2. The lowest BCUT2D eigenvalue weighted by Crippen LogP contribution is -2.28. The Balaban J connectivity index is 1.70. The second kappa shape index (κ2) is 8.99. The summed E-state index contributed by atoms with van der Waals surface area (Å²) < 4.78 is 8.67. The number of nitriles is 1. The molecule has 2 aromatic carbocycles. The van der Waals surface area contributed by atoms with E-state index in [-0.39, 0.29) is 23.8 Å². The summed E-state index contributed by atoms with van der Waals surface area (Å²) >= 11 is 6.14. The number of rotatable bonds is 5. The molecule has 0 unspecified atom stereocenters. The average Bonchev–Trinajstić information content (AvgIpc) is 3.48. The number of nitrogens with one attached hydrogen (secondary N) is 1. The van der Waals surface area contributed by atoms with Crippen molar-refractivity contribution in [3.8, 4) is 34.3 Å². The predicted octanol–water partition coefficient (Wildman–Crippen LogP) is 2.54. The third-order valence-electron chi connectivity index (χ3n) is 6.01. The highest BCUT2D eigenvalue weighted by molar-refractivity contribution is 6.30. The van der Waals surface area contributed by atoms with Crippen molar-refractivity contribution < 1.29 is 4.74 Å². The molecule has 0 atom stereocenters. The van der Waals surface area contributed by atoms with Gasteiger partial charge in [0, 0.05) is 34.1 Å². The molecule has 4 heterocycles. The maximum Gasteiger partial charge on any atom is 0.366 e. The van der Waals surface area contributed by atoms with Crippen LogP contribution in [0.4, 0.5) is 0 Å². The number of nitrogens with zero attached hydrogens (tertiary/aromatic N) is 8. The average molecular weight is 526 g/mol. The van der Waals surface area contributed by atoms with Crippen LogP contribution >= 0.6 is 11.6 Å². The van der Waals surface area contributed by atoms with Crippen LogP contribution in [-0.2, 0) is 6.54 Å². The monoisotopic (exact) mass is 525 g/mol. The summed E-state index contributed by atoms with van der Waals surface area (Å²) in [6.45, 7) is 0.106. The topological polar surface area (TPSA) is 148 Å². The first kappa shape index (κ1) is 23.1. The summed E-state index contributed by atoms with van der Waals surface area (Å²) in [5.74, 6) is 0. The molecule has 0 aliphatic carbocycles. The third-order valence-corrected chi connectivity index (χ3v) is 6.27. The first-order chi connectivity index (χ1) is 18.5. The minimum atomic E-state index is -0.613. The number of hydrogen-bond acceptors (Lipinski definition) is 8. The number of ether oxygens (including phenoxy) is 1. The summed E-state index contributed by atoms with van der Waals surface area (Å²) in [5, 5.41) is 20.9. The van der Waals surface area contributed by atoms with E-state index in [1.54, 1.807) is 60.9 Å². The molecule has 38 heavy (non-hydrogen) atoms. The van der Waals surface area contributed by atoms with Gasteiger partial charge in [0.15, 0.2) is 11.3 Å². The van der Waals surface area contributed by atoms with Crippen LogP contribution in [0.15, 0.2) is 70.5 Å². The minimum Gasteiger partial charge on any atom is -0.467 e. The van der Waals surface area contributed by atoms with E-state index in [4.69, 9.17) is 21.6 Å². The number of benzene rings is 2. The molecule has 0 aliphatic rings. The Bertz CT molecular complexity index is 1980. The zero-order valence-electron chi connectivity index (χ0n) is 19.7. The summed E-state index contributed by atoms with van der Waals surface area (Å²) in [6.07, 6.45) is 3.10. The van der Waals surface area contributed by atoms with Crippen LogP contribution in [0.2, 0.25) is 5.02 Å². The van der Waals surface area contributed by atoms with E-state index < -0.39 is 11.4 Å². The molecule has 13 heteroatoms. The first-order valence-corrected chi connectivity index (χ1v) is 11.6. The maximum atomic E-state index is 13.6. The molecule has 0 amide bonds. The number of H-pyrrole nitrogens is 1. The van der Waals surface area contributed by atoms with E-state index in [1.165, 1.54) is 16.3 Å². The van der Waals surface area contributed by atoms with Gasteiger partial charge >= 0.3 is 17.4 Å². The van der Waals surface area contributed by atoms with Crippen LogP contribution in [0.5, 0.6) is 6.01 Å². The van der Waals surface area contributed by atoms with Crippen molar-refractivity contribution in [2.24, 2.45) is 0 Å². The van der Waals surface area contributed by atoms with Gasteiger partial charge in [0.1, 0.15) is 0 Å². The second-order valence-corrected chi connectivity index (χ2v) is 8.70. The van der Waals surface area contributed by atoms with Crippen LogP contribution in [0.25, 0.3) is 33.5 Å². The van der Waals surface area contributed by atoms with Crippen molar-refractivity contribution in [2.45, 2.75) is 6.54 Å². The van der Waals surface area contributed by atoms with Gasteiger partial charge in [0.05, 0.1) is 25.3 Å². The van der Waals surface area contributed by atoms with Crippen LogP contribution in [0.3, 0.4) is 0 Å². The highest BCUT2D eigenvalue weighted by Gasteiger charge is 2.25. The molecule has 0 aliphatic heterocycles. The number of halogens is 1. The second-order valence-electron chi connectivity index (χ2n) is 8.26. The van der Waals surface area contributed by atoms with Crippen molar-refractivity contribution in [2.75, 3.05) is 7.11 Å². The zero-order valence-corrected chi connectivity index (χ0v) is 20.4. The number of fused-ring (bicyclic) bond motifs is 3. The molecular weight excluding hydrogens is 510 g/mol. The van der Waals surface area contributed by atoms with Gasteiger partial charge in [0.2, 0.25) is 0 Å².